The van der Waals surface area contributed by atoms with Gasteiger partial charge in [-0.15, -0.1) is 0 Å². The number of morpholine rings is 1. The molecule has 0 bridgehead atoms. The van der Waals surface area contributed by atoms with Crippen molar-refractivity contribution in [1.29, 1.82) is 0 Å². The number of nitrogens with zero attached hydrogens (tertiary/aromatic N) is 2. The van der Waals surface area contributed by atoms with Crippen molar-refractivity contribution in [2.24, 2.45) is 0 Å². The molecular weight excluding hydrogens is 268 g/mol. The number of H-pyrrole nitrogens is 1. The van der Waals surface area contributed by atoms with Crippen LogP contribution in [0.25, 0.3) is 10.9 Å². The average molecular weight is 288 g/mol. The maximum atomic E-state index is 12.0. The van der Waals surface area contributed by atoms with Crippen LogP contribution < -0.4 is 10.9 Å². The van der Waals surface area contributed by atoms with Gasteiger partial charge in [0.2, 0.25) is 5.95 Å². The number of hydrogen-bond acceptors (Lipinski definition) is 5. The quantitative estimate of drug-likeness (QED) is 0.883. The Morgan fingerprint density at radius 2 is 2.29 bits per heavy atom. The Labute approximate surface area is 123 Å². The molecule has 0 radical (unpaired) electrons. The molecule has 2 unspecified atom stereocenters. The molecule has 2 aromatic rings. The molecule has 3 rings (SSSR count). The third kappa shape index (κ3) is 3.06. The molecule has 2 N–H and O–H groups in total. The first-order valence-electron chi connectivity index (χ1n) is 7.19. The van der Waals surface area contributed by atoms with E-state index in [0.717, 1.165) is 19.7 Å². The second-order valence-electron chi connectivity index (χ2n) is 5.54. The summed E-state index contributed by atoms with van der Waals surface area (Å²) in [6, 6.07) is 7.39. The molecule has 1 aliphatic heterocycles. The maximum Gasteiger partial charge on any atom is 0.260 e. The molecule has 2 atom stereocenters. The largest absolute Gasteiger partial charge is 0.373 e. The van der Waals surface area contributed by atoms with Gasteiger partial charge in [0.25, 0.3) is 5.56 Å². The summed E-state index contributed by atoms with van der Waals surface area (Å²) in [6.45, 7) is 4.59. The van der Waals surface area contributed by atoms with Gasteiger partial charge in [0, 0.05) is 13.1 Å². The van der Waals surface area contributed by atoms with Crippen LogP contribution in [0, 0.1) is 0 Å². The van der Waals surface area contributed by atoms with Crippen LogP contribution in [0.2, 0.25) is 0 Å². The fourth-order valence-electron chi connectivity index (χ4n) is 2.58. The van der Waals surface area contributed by atoms with E-state index in [1.165, 1.54) is 0 Å². The Bertz CT molecular complexity index is 685. The van der Waals surface area contributed by atoms with E-state index in [2.05, 4.69) is 27.2 Å². The predicted octanol–water partition coefficient (Wildman–Crippen LogP) is 1.05. The van der Waals surface area contributed by atoms with Gasteiger partial charge < -0.3 is 15.0 Å². The number of aromatic nitrogens is 2. The van der Waals surface area contributed by atoms with Crippen molar-refractivity contribution >= 4 is 16.9 Å². The standard InChI is InChI=1S/C15H20N4O2/c1-10(13-9-19(2)7-8-21-13)16-15-17-12-6-4-3-5-11(12)14(20)18-15/h3-6,10,13H,7-9H2,1-2H3,(H2,16,17,18,20). The first-order valence-corrected chi connectivity index (χ1v) is 7.19. The van der Waals surface area contributed by atoms with Gasteiger partial charge >= 0.3 is 0 Å². The number of likely N-dealkylation sites (N-methyl/N-ethyl adjacent to an activating group) is 1. The van der Waals surface area contributed by atoms with E-state index >= 15 is 0 Å². The van der Waals surface area contributed by atoms with E-state index in [1.807, 2.05) is 25.1 Å². The zero-order chi connectivity index (χ0) is 14.8. The normalized spacial score (nSPS) is 21.3. The van der Waals surface area contributed by atoms with Crippen molar-refractivity contribution in [2.75, 3.05) is 32.1 Å². The van der Waals surface area contributed by atoms with Crippen LogP contribution in [-0.4, -0.2) is 53.8 Å². The molecule has 0 saturated carbocycles. The maximum absolute atomic E-state index is 12.0. The molecule has 6 nitrogen and oxygen atoms in total. The van der Waals surface area contributed by atoms with Gasteiger partial charge in [-0.25, -0.2) is 4.98 Å². The highest BCUT2D eigenvalue weighted by molar-refractivity contribution is 5.78. The molecule has 2 heterocycles. The third-order valence-electron chi connectivity index (χ3n) is 3.83. The molecule has 1 fully saturated rings. The van der Waals surface area contributed by atoms with E-state index in [4.69, 9.17) is 4.74 Å². The van der Waals surface area contributed by atoms with Gasteiger partial charge in [0.1, 0.15) is 0 Å². The van der Waals surface area contributed by atoms with Gasteiger partial charge in [-0.3, -0.25) is 9.78 Å². The molecule has 0 amide bonds. The minimum atomic E-state index is -0.128. The molecule has 6 heteroatoms. The topological polar surface area (TPSA) is 70.2 Å². The summed E-state index contributed by atoms with van der Waals surface area (Å²) >= 11 is 0. The highest BCUT2D eigenvalue weighted by Gasteiger charge is 2.24. The summed E-state index contributed by atoms with van der Waals surface area (Å²) in [5.74, 6) is 0.489. The lowest BCUT2D eigenvalue weighted by atomic mass is 10.1. The van der Waals surface area contributed by atoms with E-state index in [9.17, 15) is 4.79 Å². The summed E-state index contributed by atoms with van der Waals surface area (Å²) in [7, 11) is 2.08. The number of hydrogen-bond donors (Lipinski definition) is 2. The predicted molar refractivity (Wildman–Crippen MR) is 82.7 cm³/mol. The molecule has 1 aromatic carbocycles. The molecule has 0 spiro atoms. The lowest BCUT2D eigenvalue weighted by Gasteiger charge is -2.34. The molecule has 21 heavy (non-hydrogen) atoms. The minimum absolute atomic E-state index is 0.0667. The van der Waals surface area contributed by atoms with Crippen LogP contribution >= 0.6 is 0 Å². The monoisotopic (exact) mass is 288 g/mol. The van der Waals surface area contributed by atoms with Crippen molar-refractivity contribution in [3.63, 3.8) is 0 Å². The van der Waals surface area contributed by atoms with E-state index < -0.39 is 0 Å². The van der Waals surface area contributed by atoms with Crippen LogP contribution in [0.3, 0.4) is 0 Å². The molecule has 1 saturated heterocycles. The summed E-state index contributed by atoms with van der Waals surface area (Å²) < 4.78 is 5.78. The Hall–Kier alpha value is -1.92. The summed E-state index contributed by atoms with van der Waals surface area (Å²) in [4.78, 5) is 21.5. The van der Waals surface area contributed by atoms with Gasteiger partial charge in [-0.1, -0.05) is 12.1 Å². The Morgan fingerprint density at radius 3 is 3.10 bits per heavy atom. The Balaban J connectivity index is 1.79. The van der Waals surface area contributed by atoms with Crippen molar-refractivity contribution in [2.45, 2.75) is 19.1 Å². The van der Waals surface area contributed by atoms with Crippen molar-refractivity contribution < 1.29 is 4.74 Å². The van der Waals surface area contributed by atoms with Crippen LogP contribution in [0.5, 0.6) is 0 Å². The number of fused-ring (bicyclic) bond motifs is 1. The second-order valence-corrected chi connectivity index (χ2v) is 5.54. The number of aromatic amines is 1. The summed E-state index contributed by atoms with van der Waals surface area (Å²) in [6.07, 6.45) is 0.0838. The fourth-order valence-corrected chi connectivity index (χ4v) is 2.58. The lowest BCUT2D eigenvalue weighted by molar-refractivity contribution is -0.0260. The van der Waals surface area contributed by atoms with E-state index in [0.29, 0.717) is 16.9 Å². The highest BCUT2D eigenvalue weighted by atomic mass is 16.5. The first kappa shape index (κ1) is 14.0. The second kappa shape index (κ2) is 5.83. The van der Waals surface area contributed by atoms with Crippen LogP contribution in [0.15, 0.2) is 29.1 Å². The highest BCUT2D eigenvalue weighted by Crippen LogP contribution is 2.12. The van der Waals surface area contributed by atoms with Crippen LogP contribution in [-0.2, 0) is 4.74 Å². The van der Waals surface area contributed by atoms with Gasteiger partial charge in [0.15, 0.2) is 0 Å². The summed E-state index contributed by atoms with van der Waals surface area (Å²) in [5.41, 5.74) is 0.564. The molecule has 1 aliphatic rings. The van der Waals surface area contributed by atoms with Crippen molar-refractivity contribution in [3.8, 4) is 0 Å². The van der Waals surface area contributed by atoms with Gasteiger partial charge in [-0.05, 0) is 26.1 Å². The molecule has 112 valence electrons. The number of anilines is 1. The van der Waals surface area contributed by atoms with Crippen molar-refractivity contribution in [1.82, 2.24) is 14.9 Å². The lowest BCUT2D eigenvalue weighted by Crippen LogP contribution is -2.47. The zero-order valence-electron chi connectivity index (χ0n) is 12.3. The number of para-hydroxylation sites is 1. The smallest absolute Gasteiger partial charge is 0.260 e. The van der Waals surface area contributed by atoms with Crippen molar-refractivity contribution in [3.05, 3.63) is 34.6 Å². The molecular formula is C15H20N4O2. The van der Waals surface area contributed by atoms with Gasteiger partial charge in [0.05, 0.1) is 29.7 Å². The third-order valence-corrected chi connectivity index (χ3v) is 3.83. The van der Waals surface area contributed by atoms with Gasteiger partial charge in [-0.2, -0.15) is 0 Å². The minimum Gasteiger partial charge on any atom is -0.373 e. The summed E-state index contributed by atoms with van der Waals surface area (Å²) in [5, 5.41) is 3.85. The first-order chi connectivity index (χ1) is 10.1. The van der Waals surface area contributed by atoms with Crippen LogP contribution in [0.1, 0.15) is 6.92 Å². The molecule has 0 aliphatic carbocycles. The Kier molecular flexibility index (Phi) is 3.90. The number of rotatable bonds is 3. The SMILES string of the molecule is CC(Nc1nc2ccccc2c(=O)[nH]1)C1CN(C)CCO1. The fraction of sp³-hybridized carbons (Fsp3) is 0.467. The van der Waals surface area contributed by atoms with E-state index in [1.54, 1.807) is 6.07 Å². The molecule has 1 aromatic heterocycles. The zero-order valence-corrected chi connectivity index (χ0v) is 12.3. The number of nitrogens with one attached hydrogen (secondary N) is 2. The number of ether oxygens (including phenoxy) is 1. The average Bonchev–Trinajstić information content (AvgIpc) is 2.47. The number of benzene rings is 1. The van der Waals surface area contributed by atoms with E-state index in [-0.39, 0.29) is 17.7 Å². The van der Waals surface area contributed by atoms with Crippen LogP contribution in [0.4, 0.5) is 5.95 Å². The Morgan fingerprint density at radius 1 is 1.48 bits per heavy atom.